The molecule has 1 saturated heterocycles. The van der Waals surface area contributed by atoms with Crippen LogP contribution in [-0.2, 0) is 19.6 Å². The van der Waals surface area contributed by atoms with Crippen molar-refractivity contribution in [2.24, 2.45) is 5.92 Å². The second-order valence-electron chi connectivity index (χ2n) is 7.32. The van der Waals surface area contributed by atoms with Crippen LogP contribution in [0.1, 0.15) is 56.3 Å². The first kappa shape index (κ1) is 23.6. The molecule has 0 spiro atoms. The number of halogens is 1. The van der Waals surface area contributed by atoms with Crippen molar-refractivity contribution in [3.63, 3.8) is 0 Å². The van der Waals surface area contributed by atoms with Crippen molar-refractivity contribution in [3.8, 4) is 0 Å². The molecular formula is C20H29ClN2O5S. The van der Waals surface area contributed by atoms with E-state index in [-0.39, 0.29) is 21.4 Å². The summed E-state index contributed by atoms with van der Waals surface area (Å²) >= 11 is 6.19. The highest BCUT2D eigenvalue weighted by Gasteiger charge is 2.30. The first-order chi connectivity index (χ1) is 13.7. The number of sulfonamides is 1. The van der Waals surface area contributed by atoms with Gasteiger partial charge >= 0.3 is 5.97 Å². The summed E-state index contributed by atoms with van der Waals surface area (Å²) in [6, 6.07) is 3.31. The minimum absolute atomic E-state index is 0.0669. The summed E-state index contributed by atoms with van der Waals surface area (Å²) in [5.74, 6) is -1.23. The van der Waals surface area contributed by atoms with E-state index >= 15 is 0 Å². The molecule has 1 aromatic carbocycles. The van der Waals surface area contributed by atoms with Crippen LogP contribution in [0.15, 0.2) is 23.1 Å². The van der Waals surface area contributed by atoms with Gasteiger partial charge in [0.15, 0.2) is 0 Å². The van der Waals surface area contributed by atoms with Gasteiger partial charge in [-0.05, 0) is 37.0 Å². The summed E-state index contributed by atoms with van der Waals surface area (Å²) < 4.78 is 32.4. The molecule has 2 rings (SSSR count). The summed E-state index contributed by atoms with van der Waals surface area (Å²) in [6.45, 7) is 4.61. The summed E-state index contributed by atoms with van der Waals surface area (Å²) in [4.78, 5) is 24.7. The molecule has 7 nitrogen and oxygen atoms in total. The molecule has 0 unspecified atom stereocenters. The van der Waals surface area contributed by atoms with E-state index in [1.165, 1.54) is 29.6 Å². The Morgan fingerprint density at radius 3 is 2.38 bits per heavy atom. The Kier molecular flexibility index (Phi) is 8.48. The summed E-state index contributed by atoms with van der Waals surface area (Å²) in [5.41, 5.74) is 0.125. The third-order valence-corrected chi connectivity index (χ3v) is 7.71. The average molecular weight is 445 g/mol. The summed E-state index contributed by atoms with van der Waals surface area (Å²) in [7, 11) is -2.55. The maximum Gasteiger partial charge on any atom is 0.328 e. The number of rotatable bonds is 7. The standard InChI is InChI=1S/C20H29ClN2O5S/c1-4-14(2)18(20(25)28-3)22-19(24)15-9-10-16(21)17(13-15)29(26,27)23-11-7-5-6-8-12-23/h9-10,13-14,18H,4-8,11-12H2,1-3H3,(H,22,24)/t14-,18+/m0/s1. The van der Waals surface area contributed by atoms with Gasteiger partial charge in [-0.15, -0.1) is 0 Å². The maximum atomic E-state index is 13.1. The fourth-order valence-corrected chi connectivity index (χ4v) is 5.30. The number of hydrogen-bond donors (Lipinski definition) is 1. The second kappa shape index (κ2) is 10.4. The number of nitrogens with zero attached hydrogens (tertiary/aromatic N) is 1. The average Bonchev–Trinajstić information content (AvgIpc) is 3.01. The number of carbonyl (C=O) groups excluding carboxylic acids is 2. The third kappa shape index (κ3) is 5.71. The Labute approximate surface area is 177 Å². The second-order valence-corrected chi connectivity index (χ2v) is 9.64. The Balaban J connectivity index is 2.31. The van der Waals surface area contributed by atoms with Crippen molar-refractivity contribution in [2.75, 3.05) is 20.2 Å². The van der Waals surface area contributed by atoms with E-state index < -0.39 is 27.9 Å². The molecule has 1 heterocycles. The molecule has 1 N–H and O–H groups in total. The van der Waals surface area contributed by atoms with E-state index in [1.807, 2.05) is 13.8 Å². The van der Waals surface area contributed by atoms with E-state index in [1.54, 1.807) is 0 Å². The zero-order valence-electron chi connectivity index (χ0n) is 17.1. The quantitative estimate of drug-likeness (QED) is 0.652. The van der Waals surface area contributed by atoms with Crippen molar-refractivity contribution in [1.29, 1.82) is 0 Å². The van der Waals surface area contributed by atoms with Gasteiger partial charge in [0.2, 0.25) is 10.0 Å². The molecule has 1 aliphatic heterocycles. The summed E-state index contributed by atoms with van der Waals surface area (Å²) in [6.07, 6.45) is 4.24. The third-order valence-electron chi connectivity index (χ3n) is 5.33. The molecular weight excluding hydrogens is 416 g/mol. The number of hydrogen-bond acceptors (Lipinski definition) is 5. The molecule has 162 valence electrons. The highest BCUT2D eigenvalue weighted by molar-refractivity contribution is 7.89. The molecule has 1 fully saturated rings. The van der Waals surface area contributed by atoms with Gasteiger partial charge in [0.25, 0.3) is 5.91 Å². The molecule has 29 heavy (non-hydrogen) atoms. The van der Waals surface area contributed by atoms with E-state index in [4.69, 9.17) is 16.3 Å². The van der Waals surface area contributed by atoms with Crippen LogP contribution < -0.4 is 5.32 Å². The first-order valence-electron chi connectivity index (χ1n) is 9.90. The van der Waals surface area contributed by atoms with Crippen LogP contribution in [0.25, 0.3) is 0 Å². The normalized spacial score (nSPS) is 17.8. The van der Waals surface area contributed by atoms with Crippen molar-refractivity contribution in [1.82, 2.24) is 9.62 Å². The number of amides is 1. The number of carbonyl (C=O) groups is 2. The minimum atomic E-state index is -3.81. The Hall–Kier alpha value is -1.64. The van der Waals surface area contributed by atoms with Gasteiger partial charge in [-0.2, -0.15) is 4.31 Å². The van der Waals surface area contributed by atoms with Crippen molar-refractivity contribution in [3.05, 3.63) is 28.8 Å². The van der Waals surface area contributed by atoms with Crippen molar-refractivity contribution in [2.45, 2.75) is 56.9 Å². The number of benzene rings is 1. The topological polar surface area (TPSA) is 92.8 Å². The Morgan fingerprint density at radius 1 is 1.21 bits per heavy atom. The number of methoxy groups -OCH3 is 1. The monoisotopic (exact) mass is 444 g/mol. The van der Waals surface area contributed by atoms with Crippen LogP contribution in [0.5, 0.6) is 0 Å². The van der Waals surface area contributed by atoms with Crippen LogP contribution in [0.2, 0.25) is 5.02 Å². The van der Waals surface area contributed by atoms with Crippen LogP contribution in [-0.4, -0.2) is 50.8 Å². The highest BCUT2D eigenvalue weighted by atomic mass is 35.5. The molecule has 0 aliphatic carbocycles. The molecule has 1 aromatic rings. The van der Waals surface area contributed by atoms with E-state index in [0.717, 1.165) is 25.7 Å². The van der Waals surface area contributed by atoms with Gasteiger partial charge < -0.3 is 10.1 Å². The fraction of sp³-hybridized carbons (Fsp3) is 0.600. The molecule has 1 amide bonds. The zero-order chi connectivity index (χ0) is 21.6. The lowest BCUT2D eigenvalue weighted by Gasteiger charge is -2.23. The van der Waals surface area contributed by atoms with Gasteiger partial charge in [-0.3, -0.25) is 4.79 Å². The lowest BCUT2D eigenvalue weighted by Crippen LogP contribution is -2.45. The van der Waals surface area contributed by atoms with Crippen LogP contribution in [0.4, 0.5) is 0 Å². The minimum Gasteiger partial charge on any atom is -0.467 e. The van der Waals surface area contributed by atoms with Gasteiger partial charge in [0.1, 0.15) is 10.9 Å². The largest absolute Gasteiger partial charge is 0.467 e. The SMILES string of the molecule is CC[C@H](C)[C@@H](NC(=O)c1ccc(Cl)c(S(=O)(=O)N2CCCCCC2)c1)C(=O)OC. The maximum absolute atomic E-state index is 13.1. The molecule has 9 heteroatoms. The van der Waals surface area contributed by atoms with Gasteiger partial charge in [-0.25, -0.2) is 13.2 Å². The van der Waals surface area contributed by atoms with E-state index in [2.05, 4.69) is 5.32 Å². The smallest absolute Gasteiger partial charge is 0.328 e. The van der Waals surface area contributed by atoms with E-state index in [9.17, 15) is 18.0 Å². The molecule has 0 bridgehead atoms. The lowest BCUT2D eigenvalue weighted by molar-refractivity contribution is -0.144. The Morgan fingerprint density at radius 2 is 1.83 bits per heavy atom. The van der Waals surface area contributed by atoms with E-state index in [0.29, 0.717) is 19.5 Å². The summed E-state index contributed by atoms with van der Waals surface area (Å²) in [5, 5.41) is 2.72. The highest BCUT2D eigenvalue weighted by Crippen LogP contribution is 2.28. The lowest BCUT2D eigenvalue weighted by atomic mass is 9.99. The molecule has 1 aliphatic rings. The van der Waals surface area contributed by atoms with Gasteiger partial charge in [0, 0.05) is 18.7 Å². The number of ether oxygens (including phenoxy) is 1. The zero-order valence-corrected chi connectivity index (χ0v) is 18.7. The van der Waals surface area contributed by atoms with Crippen molar-refractivity contribution < 1.29 is 22.7 Å². The molecule has 0 saturated carbocycles. The first-order valence-corrected chi connectivity index (χ1v) is 11.7. The van der Waals surface area contributed by atoms with Crippen LogP contribution >= 0.6 is 11.6 Å². The van der Waals surface area contributed by atoms with Gasteiger partial charge in [-0.1, -0.05) is 44.7 Å². The number of esters is 1. The predicted octanol–water partition coefficient (Wildman–Crippen LogP) is 3.22. The van der Waals surface area contributed by atoms with Crippen LogP contribution in [0, 0.1) is 5.92 Å². The Bertz CT molecular complexity index is 835. The molecule has 2 atom stereocenters. The predicted molar refractivity (Wildman–Crippen MR) is 111 cm³/mol. The van der Waals surface area contributed by atoms with Crippen LogP contribution in [0.3, 0.4) is 0 Å². The van der Waals surface area contributed by atoms with Crippen molar-refractivity contribution >= 4 is 33.5 Å². The molecule has 0 aromatic heterocycles. The fourth-order valence-electron chi connectivity index (χ4n) is 3.28. The van der Waals surface area contributed by atoms with Gasteiger partial charge in [0.05, 0.1) is 12.1 Å². The molecule has 0 radical (unpaired) electrons. The number of nitrogens with one attached hydrogen (secondary N) is 1.